The van der Waals surface area contributed by atoms with E-state index < -0.39 is 20.8 Å². The number of ether oxygens (including phenoxy) is 1. The van der Waals surface area contributed by atoms with E-state index in [9.17, 15) is 9.46 Å². The number of unbranched alkanes of at least 4 members (excludes halogenated alkanes) is 1. The summed E-state index contributed by atoms with van der Waals surface area (Å²) in [5.74, 6) is 0.867. The molecule has 184 valence electrons. The van der Waals surface area contributed by atoms with Gasteiger partial charge in [-0.3, -0.25) is 0 Å². The van der Waals surface area contributed by atoms with Crippen LogP contribution in [-0.2, 0) is 9.30 Å². The largest absolute Gasteiger partial charge is 0.601 e. The fraction of sp³-hybridized carbons (Fsp3) is 0.368. The van der Waals surface area contributed by atoms with Gasteiger partial charge in [-0.05, 0) is 44.9 Å². The van der Waals surface area contributed by atoms with Crippen molar-refractivity contribution in [2.24, 2.45) is 0 Å². The van der Waals surface area contributed by atoms with Crippen molar-refractivity contribution in [3.05, 3.63) is 35.6 Å². The zero-order chi connectivity index (χ0) is 24.9. The Morgan fingerprint density at radius 3 is 2.74 bits per heavy atom. The van der Waals surface area contributed by atoms with Crippen LogP contribution < -0.4 is 15.5 Å². The van der Waals surface area contributed by atoms with Crippen molar-refractivity contribution >= 4 is 61.0 Å². The summed E-state index contributed by atoms with van der Waals surface area (Å²) < 4.78 is 17.9. The summed E-state index contributed by atoms with van der Waals surface area (Å²) in [6.07, 6.45) is 2.60. The van der Waals surface area contributed by atoms with Crippen molar-refractivity contribution in [2.75, 3.05) is 23.8 Å². The number of nitrogens with zero attached hydrogens (tertiary/aromatic N) is 4. The predicted octanol–water partition coefficient (Wildman–Crippen LogP) is 2.94. The Kier molecular flexibility index (Phi) is 8.97. The van der Waals surface area contributed by atoms with E-state index in [0.29, 0.717) is 47.3 Å². The van der Waals surface area contributed by atoms with Gasteiger partial charge in [-0.2, -0.15) is 14.9 Å². The zero-order valence-corrected chi connectivity index (χ0v) is 21.0. The number of fused-ring (bicyclic) bond motifs is 1. The third kappa shape index (κ3) is 6.94. The zero-order valence-electron chi connectivity index (χ0n) is 18.4. The molecule has 0 aliphatic rings. The average molecular weight is 531 g/mol. The first kappa shape index (κ1) is 26.5. The minimum atomic E-state index is -4.90. The van der Waals surface area contributed by atoms with E-state index >= 15 is 0 Å². The van der Waals surface area contributed by atoms with E-state index in [0.717, 1.165) is 5.69 Å². The van der Waals surface area contributed by atoms with E-state index in [1.807, 2.05) is 30.5 Å². The predicted molar refractivity (Wildman–Crippen MR) is 130 cm³/mol. The molecule has 1 aromatic carbocycles. The summed E-state index contributed by atoms with van der Waals surface area (Å²) in [4.78, 5) is 51.7. The van der Waals surface area contributed by atoms with Crippen LogP contribution in [0.5, 0.6) is 0 Å². The lowest BCUT2D eigenvalue weighted by molar-refractivity contribution is -0.168. The second kappa shape index (κ2) is 11.5. The molecular weight excluding hydrogens is 506 g/mol. The second-order valence-corrected chi connectivity index (χ2v) is 10.8. The topological polar surface area (TPSA) is 178 Å². The molecule has 5 N–H and O–H groups in total. The molecule has 1 atom stereocenters. The van der Waals surface area contributed by atoms with Gasteiger partial charge in [-0.1, -0.05) is 17.7 Å². The lowest BCUT2D eigenvalue weighted by atomic mass is 10.3. The molecule has 3 aromatic rings. The smallest absolute Gasteiger partial charge is 0.425 e. The van der Waals surface area contributed by atoms with Crippen LogP contribution in [0.2, 0.25) is 5.02 Å². The standard InChI is InChI=1S/C19H25ClN6O6P2/c1-12(2)26-11-22-15-16(23-14-7-5-6-13(20)10-14)24-18(25-17(15)26)21-8-3-4-9-32-19(33(27)28)34(29,30)31/h5-7,10-12H,3-4,8-9H2,1-2H3,(H,27,28)(H2,29,30,31)(H2,21,23,24,25). The highest BCUT2D eigenvalue weighted by Gasteiger charge is 2.32. The van der Waals surface area contributed by atoms with E-state index in [1.54, 1.807) is 18.5 Å². The van der Waals surface area contributed by atoms with E-state index in [2.05, 4.69) is 25.6 Å². The number of rotatable bonds is 11. The van der Waals surface area contributed by atoms with E-state index in [-0.39, 0.29) is 12.6 Å². The molecule has 0 amide bonds. The highest BCUT2D eigenvalue weighted by molar-refractivity contribution is 7.82. The Bertz CT molecular complexity index is 1230. The highest BCUT2D eigenvalue weighted by atomic mass is 35.5. The molecule has 0 saturated heterocycles. The molecule has 2 aromatic heterocycles. The van der Waals surface area contributed by atoms with Gasteiger partial charge in [0.15, 0.2) is 17.0 Å². The maximum Gasteiger partial charge on any atom is 0.425 e. The quantitative estimate of drug-likeness (QED) is 0.182. The normalized spacial score (nSPS) is 12.8. The summed E-state index contributed by atoms with van der Waals surface area (Å²) >= 11 is 6.09. The Morgan fingerprint density at radius 2 is 2.09 bits per heavy atom. The molecule has 15 heteroatoms. The molecule has 0 saturated carbocycles. The Labute approximate surface area is 201 Å². The van der Waals surface area contributed by atoms with Crippen LogP contribution in [0, 0.1) is 0 Å². The van der Waals surface area contributed by atoms with Crippen LogP contribution in [0.1, 0.15) is 32.7 Å². The first-order valence-corrected chi connectivity index (χ1v) is 13.5. The molecule has 0 fully saturated rings. The number of hydrogen-bond acceptors (Lipinski definition) is 9. The third-order valence-electron chi connectivity index (χ3n) is 4.56. The summed E-state index contributed by atoms with van der Waals surface area (Å²) in [5.41, 5.74) is 1.99. The van der Waals surface area contributed by atoms with E-state index in [4.69, 9.17) is 31.0 Å². The molecule has 0 aliphatic heterocycles. The SMILES string of the molecule is CC(C)n1cnc2c(Nc3cccc(Cl)c3)nc(NCCCCOC(=[P+]([O-])O)P(=O)(O)O)nc21. The number of imidazole rings is 1. The molecule has 0 spiro atoms. The number of aromatic nitrogens is 4. The summed E-state index contributed by atoms with van der Waals surface area (Å²) in [7, 11) is -8.14. The van der Waals surface area contributed by atoms with Gasteiger partial charge in [0.2, 0.25) is 5.95 Å². The molecule has 1 unspecified atom stereocenters. The number of halogens is 1. The van der Waals surface area contributed by atoms with Gasteiger partial charge >= 0.3 is 12.8 Å². The Morgan fingerprint density at radius 1 is 1.32 bits per heavy atom. The van der Waals surface area contributed by atoms with Crippen LogP contribution in [0.25, 0.3) is 11.2 Å². The van der Waals surface area contributed by atoms with Gasteiger partial charge in [0.25, 0.3) is 8.00 Å². The maximum atomic E-state index is 11.2. The maximum absolute atomic E-state index is 11.2. The van der Waals surface area contributed by atoms with E-state index in [1.165, 1.54) is 0 Å². The molecule has 3 rings (SSSR count). The first-order chi connectivity index (χ1) is 16.1. The fourth-order valence-electron chi connectivity index (χ4n) is 3.01. The van der Waals surface area contributed by atoms with Crippen molar-refractivity contribution in [1.82, 2.24) is 19.5 Å². The number of hydrogen-bond donors (Lipinski definition) is 5. The number of anilines is 3. The minimum Gasteiger partial charge on any atom is -0.601 e. The van der Waals surface area contributed by atoms with Gasteiger partial charge in [0, 0.05) is 23.3 Å². The molecule has 12 nitrogen and oxygen atoms in total. The Balaban J connectivity index is 1.69. The number of nitrogens with one attached hydrogen (secondary N) is 2. The lowest BCUT2D eigenvalue weighted by Crippen LogP contribution is -2.12. The monoisotopic (exact) mass is 530 g/mol. The average Bonchev–Trinajstić information content (AvgIpc) is 3.16. The van der Waals surface area contributed by atoms with Gasteiger partial charge in [-0.15, -0.1) is 0 Å². The van der Waals surface area contributed by atoms with Gasteiger partial charge in [0.1, 0.15) is 0 Å². The Hall–Kier alpha value is -2.14. The molecular formula is C19H25ClN6O6P2. The van der Waals surface area contributed by atoms with Crippen molar-refractivity contribution in [1.29, 1.82) is 0 Å². The minimum absolute atomic E-state index is 0.120. The third-order valence-corrected chi connectivity index (χ3v) is 7.18. The second-order valence-electron chi connectivity index (χ2n) is 7.53. The molecule has 34 heavy (non-hydrogen) atoms. The van der Waals surface area contributed by atoms with Crippen molar-refractivity contribution in [3.8, 4) is 0 Å². The molecule has 0 aliphatic carbocycles. The highest BCUT2D eigenvalue weighted by Crippen LogP contribution is 2.42. The molecule has 0 radical (unpaired) electrons. The summed E-state index contributed by atoms with van der Waals surface area (Å²) in [6, 6.07) is 7.34. The van der Waals surface area contributed by atoms with Crippen molar-refractivity contribution in [3.63, 3.8) is 0 Å². The first-order valence-electron chi connectivity index (χ1n) is 10.3. The fourth-order valence-corrected chi connectivity index (χ4v) is 4.55. The lowest BCUT2D eigenvalue weighted by Gasteiger charge is -2.12. The number of benzene rings is 1. The van der Waals surface area contributed by atoms with Crippen LogP contribution in [-0.4, -0.2) is 52.6 Å². The van der Waals surface area contributed by atoms with Crippen molar-refractivity contribution in [2.45, 2.75) is 32.7 Å². The van der Waals surface area contributed by atoms with Crippen LogP contribution >= 0.6 is 27.2 Å². The summed E-state index contributed by atoms with van der Waals surface area (Å²) in [5, 5.41) is 5.82. The van der Waals surface area contributed by atoms with Crippen LogP contribution in [0.4, 0.5) is 17.5 Å². The van der Waals surface area contributed by atoms with Gasteiger partial charge in [0.05, 0.1) is 12.9 Å². The molecule has 2 heterocycles. The molecule has 0 bridgehead atoms. The van der Waals surface area contributed by atoms with Gasteiger partial charge in [-0.25, -0.2) is 9.55 Å². The van der Waals surface area contributed by atoms with Gasteiger partial charge < -0.3 is 34.6 Å². The van der Waals surface area contributed by atoms with Crippen LogP contribution in [0.3, 0.4) is 0 Å². The summed E-state index contributed by atoms with van der Waals surface area (Å²) in [6.45, 7) is 4.34. The van der Waals surface area contributed by atoms with Crippen molar-refractivity contribution < 1.29 is 28.9 Å². The van der Waals surface area contributed by atoms with Crippen LogP contribution in [0.15, 0.2) is 30.6 Å².